The van der Waals surface area contributed by atoms with Crippen LogP contribution >= 0.6 is 0 Å². The van der Waals surface area contributed by atoms with Gasteiger partial charge in [-0.05, 0) is 70.3 Å². The van der Waals surface area contributed by atoms with Gasteiger partial charge >= 0.3 is 0 Å². The second-order valence-corrected chi connectivity index (χ2v) is 8.57. The lowest BCUT2D eigenvalue weighted by molar-refractivity contribution is -0.128. The average Bonchev–Trinajstić information content (AvgIpc) is 2.96. The molecule has 4 heteroatoms. The van der Waals surface area contributed by atoms with E-state index in [0.29, 0.717) is 12.6 Å². The highest BCUT2D eigenvalue weighted by atomic mass is 16.2. The molecule has 0 aromatic heterocycles. The smallest absolute Gasteiger partial charge is 0.237 e. The van der Waals surface area contributed by atoms with Crippen molar-refractivity contribution < 1.29 is 4.79 Å². The number of nitrogens with one attached hydrogen (secondary N) is 1. The molecule has 150 valence electrons. The fourth-order valence-corrected chi connectivity index (χ4v) is 4.48. The zero-order valence-corrected chi connectivity index (χ0v) is 17.3. The SMILES string of the molecule is CC(C)N1CCCCC1C(=O)NCc1ccc(CN2CCCCCC2)cc1. The van der Waals surface area contributed by atoms with Gasteiger partial charge in [0.05, 0.1) is 6.04 Å². The molecule has 1 unspecified atom stereocenters. The summed E-state index contributed by atoms with van der Waals surface area (Å²) < 4.78 is 0. The molecule has 2 aliphatic heterocycles. The second kappa shape index (κ2) is 10.2. The number of carbonyl (C=O) groups is 1. The predicted molar refractivity (Wildman–Crippen MR) is 112 cm³/mol. The highest BCUT2D eigenvalue weighted by molar-refractivity contribution is 5.81. The number of amides is 1. The van der Waals surface area contributed by atoms with Crippen LogP contribution in [-0.2, 0) is 17.9 Å². The summed E-state index contributed by atoms with van der Waals surface area (Å²) in [5.41, 5.74) is 2.57. The number of hydrogen-bond acceptors (Lipinski definition) is 3. The van der Waals surface area contributed by atoms with Crippen molar-refractivity contribution in [3.05, 3.63) is 35.4 Å². The molecule has 4 nitrogen and oxygen atoms in total. The van der Waals surface area contributed by atoms with Gasteiger partial charge in [-0.3, -0.25) is 14.6 Å². The number of benzene rings is 1. The minimum absolute atomic E-state index is 0.0426. The second-order valence-electron chi connectivity index (χ2n) is 8.57. The summed E-state index contributed by atoms with van der Waals surface area (Å²) >= 11 is 0. The third-order valence-electron chi connectivity index (χ3n) is 6.10. The minimum atomic E-state index is 0.0426. The van der Waals surface area contributed by atoms with Crippen LogP contribution in [0.3, 0.4) is 0 Å². The van der Waals surface area contributed by atoms with E-state index < -0.39 is 0 Å². The number of hydrogen-bond donors (Lipinski definition) is 1. The molecule has 0 saturated carbocycles. The Morgan fingerprint density at radius 2 is 1.59 bits per heavy atom. The topological polar surface area (TPSA) is 35.6 Å². The molecule has 3 rings (SSSR count). The summed E-state index contributed by atoms with van der Waals surface area (Å²) in [7, 11) is 0. The first-order chi connectivity index (χ1) is 13.1. The van der Waals surface area contributed by atoms with Crippen molar-refractivity contribution in [3.63, 3.8) is 0 Å². The molecule has 1 amide bonds. The first-order valence-electron chi connectivity index (χ1n) is 11.0. The summed E-state index contributed by atoms with van der Waals surface area (Å²) in [4.78, 5) is 17.6. The highest BCUT2D eigenvalue weighted by Crippen LogP contribution is 2.20. The van der Waals surface area contributed by atoms with Crippen molar-refractivity contribution in [2.45, 2.75) is 84.0 Å². The van der Waals surface area contributed by atoms with Gasteiger partial charge in [0, 0.05) is 19.1 Å². The predicted octanol–water partition coefficient (Wildman–Crippen LogP) is 3.94. The lowest BCUT2D eigenvalue weighted by atomic mass is 9.99. The molecule has 0 spiro atoms. The number of piperidine rings is 1. The zero-order valence-electron chi connectivity index (χ0n) is 17.3. The summed E-state index contributed by atoms with van der Waals surface area (Å²) in [6.45, 7) is 9.56. The van der Waals surface area contributed by atoms with E-state index in [0.717, 1.165) is 25.9 Å². The monoisotopic (exact) mass is 371 g/mol. The summed E-state index contributed by atoms with van der Waals surface area (Å²) in [5, 5.41) is 3.17. The largest absolute Gasteiger partial charge is 0.351 e. The van der Waals surface area contributed by atoms with Crippen molar-refractivity contribution in [2.75, 3.05) is 19.6 Å². The lowest BCUT2D eigenvalue weighted by Crippen LogP contribution is -2.51. The normalized spacial score (nSPS) is 22.6. The van der Waals surface area contributed by atoms with Gasteiger partial charge in [-0.25, -0.2) is 0 Å². The van der Waals surface area contributed by atoms with Crippen molar-refractivity contribution >= 4 is 5.91 Å². The first-order valence-corrected chi connectivity index (χ1v) is 11.0. The van der Waals surface area contributed by atoms with Gasteiger partial charge in [-0.1, -0.05) is 43.5 Å². The number of likely N-dealkylation sites (tertiary alicyclic amines) is 2. The Labute approximate surface area is 165 Å². The molecule has 1 atom stereocenters. The molecule has 0 bridgehead atoms. The molecule has 2 fully saturated rings. The van der Waals surface area contributed by atoms with E-state index >= 15 is 0 Å². The first kappa shape index (κ1) is 20.3. The molecule has 2 aliphatic rings. The Morgan fingerprint density at radius 1 is 0.963 bits per heavy atom. The van der Waals surface area contributed by atoms with Gasteiger partial charge < -0.3 is 5.32 Å². The van der Waals surface area contributed by atoms with Gasteiger partial charge in [-0.2, -0.15) is 0 Å². The van der Waals surface area contributed by atoms with Crippen LogP contribution in [0.2, 0.25) is 0 Å². The Morgan fingerprint density at radius 3 is 2.26 bits per heavy atom. The maximum atomic E-state index is 12.7. The molecule has 1 aromatic rings. The van der Waals surface area contributed by atoms with Crippen LogP contribution in [0, 0.1) is 0 Å². The van der Waals surface area contributed by atoms with E-state index in [2.05, 4.69) is 53.2 Å². The Hall–Kier alpha value is -1.39. The van der Waals surface area contributed by atoms with E-state index in [-0.39, 0.29) is 11.9 Å². The van der Waals surface area contributed by atoms with Crippen LogP contribution in [0.4, 0.5) is 0 Å². The van der Waals surface area contributed by atoms with Crippen LogP contribution in [-0.4, -0.2) is 47.4 Å². The van der Waals surface area contributed by atoms with Gasteiger partial charge in [0.15, 0.2) is 0 Å². The molecule has 1 N–H and O–H groups in total. The quantitative estimate of drug-likeness (QED) is 0.823. The van der Waals surface area contributed by atoms with Crippen molar-refractivity contribution in [3.8, 4) is 0 Å². The Bertz CT molecular complexity index is 576. The summed E-state index contributed by atoms with van der Waals surface area (Å²) in [6.07, 6.45) is 8.78. The maximum absolute atomic E-state index is 12.7. The molecule has 0 aliphatic carbocycles. The summed E-state index contributed by atoms with van der Waals surface area (Å²) in [5.74, 6) is 0.192. The number of rotatable bonds is 6. The van der Waals surface area contributed by atoms with E-state index in [4.69, 9.17) is 0 Å². The van der Waals surface area contributed by atoms with Crippen molar-refractivity contribution in [1.82, 2.24) is 15.1 Å². The standard InChI is InChI=1S/C23H37N3O/c1-19(2)26-16-8-5-9-22(26)23(27)24-17-20-10-12-21(13-11-20)18-25-14-6-3-4-7-15-25/h10-13,19,22H,3-9,14-18H2,1-2H3,(H,24,27). The van der Waals surface area contributed by atoms with E-state index in [1.54, 1.807) is 0 Å². The van der Waals surface area contributed by atoms with E-state index in [1.165, 1.54) is 56.3 Å². The van der Waals surface area contributed by atoms with E-state index in [1.807, 2.05) is 0 Å². The van der Waals surface area contributed by atoms with Crippen molar-refractivity contribution in [1.29, 1.82) is 0 Å². The number of carbonyl (C=O) groups excluding carboxylic acids is 1. The van der Waals surface area contributed by atoms with Gasteiger partial charge in [-0.15, -0.1) is 0 Å². The zero-order chi connectivity index (χ0) is 19.1. The minimum Gasteiger partial charge on any atom is -0.351 e. The highest BCUT2D eigenvalue weighted by Gasteiger charge is 2.29. The van der Waals surface area contributed by atoms with Crippen LogP contribution in [0.1, 0.15) is 69.9 Å². The maximum Gasteiger partial charge on any atom is 0.237 e. The third-order valence-corrected chi connectivity index (χ3v) is 6.10. The molecule has 2 saturated heterocycles. The van der Waals surface area contributed by atoms with Crippen LogP contribution in [0.15, 0.2) is 24.3 Å². The average molecular weight is 372 g/mol. The molecular formula is C23H37N3O. The fourth-order valence-electron chi connectivity index (χ4n) is 4.48. The Balaban J connectivity index is 1.48. The summed E-state index contributed by atoms with van der Waals surface area (Å²) in [6, 6.07) is 9.28. The lowest BCUT2D eigenvalue weighted by Gasteiger charge is -2.37. The van der Waals surface area contributed by atoms with E-state index in [9.17, 15) is 4.79 Å². The molecular weight excluding hydrogens is 334 g/mol. The van der Waals surface area contributed by atoms with Crippen molar-refractivity contribution in [2.24, 2.45) is 0 Å². The fraction of sp³-hybridized carbons (Fsp3) is 0.696. The van der Waals surface area contributed by atoms with Crippen LogP contribution < -0.4 is 5.32 Å². The molecule has 1 aromatic carbocycles. The van der Waals surface area contributed by atoms with Gasteiger partial charge in [0.25, 0.3) is 0 Å². The molecule has 27 heavy (non-hydrogen) atoms. The van der Waals surface area contributed by atoms with Gasteiger partial charge in [0.1, 0.15) is 0 Å². The molecule has 0 radical (unpaired) electrons. The number of nitrogens with zero attached hydrogens (tertiary/aromatic N) is 2. The molecule has 2 heterocycles. The Kier molecular flexibility index (Phi) is 7.71. The third kappa shape index (κ3) is 6.05. The van der Waals surface area contributed by atoms with Crippen LogP contribution in [0.5, 0.6) is 0 Å². The van der Waals surface area contributed by atoms with Gasteiger partial charge in [0.2, 0.25) is 5.91 Å². The van der Waals surface area contributed by atoms with Crippen LogP contribution in [0.25, 0.3) is 0 Å².